The number of hydrogen-bond acceptors (Lipinski definition) is 2. The van der Waals surface area contributed by atoms with Gasteiger partial charge in [0.1, 0.15) is 0 Å². The van der Waals surface area contributed by atoms with Crippen LogP contribution in [0.1, 0.15) is 19.3 Å². The minimum absolute atomic E-state index is 0.0817. The monoisotopic (exact) mass is 280 g/mol. The number of alkyl halides is 3. The first kappa shape index (κ1) is 14.0. The first-order valence-electron chi connectivity index (χ1n) is 6.01. The molecule has 1 atom stereocenters. The lowest BCUT2D eigenvalue weighted by molar-refractivity contribution is -0.227. The average molecular weight is 280 g/mol. The lowest BCUT2D eigenvalue weighted by Gasteiger charge is -2.29. The Morgan fingerprint density at radius 2 is 1.95 bits per heavy atom. The molecule has 1 aliphatic heterocycles. The molecule has 1 saturated heterocycles. The van der Waals surface area contributed by atoms with Crippen molar-refractivity contribution in [2.45, 2.75) is 31.5 Å². The zero-order valence-electron chi connectivity index (χ0n) is 10.4. The third-order valence-electron chi connectivity index (χ3n) is 3.89. The molecule has 0 bridgehead atoms. The number of carbonyl (C=O) groups is 2. The van der Waals surface area contributed by atoms with Gasteiger partial charge in [-0.2, -0.15) is 13.2 Å². The summed E-state index contributed by atoms with van der Waals surface area (Å²) in [6, 6.07) is -0.437. The molecule has 1 aliphatic carbocycles. The molecule has 1 N–H and O–H groups in total. The highest BCUT2D eigenvalue weighted by molar-refractivity contribution is 5.80. The van der Waals surface area contributed by atoms with Crippen LogP contribution in [0.3, 0.4) is 0 Å². The smallest absolute Gasteiger partial charge is 0.406 e. The zero-order chi connectivity index (χ0) is 14.4. The van der Waals surface area contributed by atoms with Crippen LogP contribution in [-0.4, -0.2) is 59.3 Å². The largest absolute Gasteiger partial charge is 0.481 e. The molecule has 0 radical (unpaired) electrons. The van der Waals surface area contributed by atoms with E-state index in [1.807, 2.05) is 0 Å². The summed E-state index contributed by atoms with van der Waals surface area (Å²) in [5.41, 5.74) is -2.83. The Bertz CT molecular complexity index is 408. The van der Waals surface area contributed by atoms with E-state index in [0.29, 0.717) is 0 Å². The number of amides is 2. The summed E-state index contributed by atoms with van der Waals surface area (Å²) >= 11 is 0. The Hall–Kier alpha value is -1.47. The van der Waals surface area contributed by atoms with Crippen molar-refractivity contribution in [3.63, 3.8) is 0 Å². The fourth-order valence-corrected chi connectivity index (χ4v) is 2.34. The summed E-state index contributed by atoms with van der Waals surface area (Å²) in [5, 5.41) is 8.89. The van der Waals surface area contributed by atoms with Gasteiger partial charge in [0.05, 0.1) is 0 Å². The second kappa shape index (κ2) is 4.28. The van der Waals surface area contributed by atoms with Gasteiger partial charge in [0.2, 0.25) is 0 Å². The zero-order valence-corrected chi connectivity index (χ0v) is 10.4. The van der Waals surface area contributed by atoms with Crippen molar-refractivity contribution >= 4 is 12.0 Å². The van der Waals surface area contributed by atoms with Crippen LogP contribution in [-0.2, 0) is 4.79 Å². The molecule has 19 heavy (non-hydrogen) atoms. The van der Waals surface area contributed by atoms with E-state index in [1.54, 1.807) is 0 Å². The van der Waals surface area contributed by atoms with E-state index in [0.717, 1.165) is 17.7 Å². The molecule has 2 aliphatic rings. The van der Waals surface area contributed by atoms with Gasteiger partial charge in [-0.15, -0.1) is 0 Å². The summed E-state index contributed by atoms with van der Waals surface area (Å²) in [6.07, 6.45) is -3.75. The molecule has 0 aromatic heterocycles. The van der Waals surface area contributed by atoms with Gasteiger partial charge in [-0.3, -0.25) is 4.79 Å². The number of nitrogens with zero attached hydrogens (tertiary/aromatic N) is 2. The number of carboxylic acids is 1. The lowest BCUT2D eigenvalue weighted by atomic mass is 9.86. The predicted octanol–water partition coefficient (Wildman–Crippen LogP) is 1.54. The van der Waals surface area contributed by atoms with Crippen molar-refractivity contribution < 1.29 is 27.9 Å². The highest BCUT2D eigenvalue weighted by Gasteiger charge is 2.64. The first-order valence-corrected chi connectivity index (χ1v) is 6.01. The highest BCUT2D eigenvalue weighted by atomic mass is 19.4. The van der Waals surface area contributed by atoms with Gasteiger partial charge in [-0.25, -0.2) is 4.79 Å². The molecule has 108 valence electrons. The van der Waals surface area contributed by atoms with Gasteiger partial charge in [0.25, 0.3) is 0 Å². The fraction of sp³-hybridized carbons (Fsp3) is 0.818. The van der Waals surface area contributed by atoms with Crippen LogP contribution in [0, 0.1) is 5.41 Å². The SMILES string of the molecule is CN(C(=O)N1CCC(C(=O)O)(C(F)(F)F)C1)C1CC1. The Balaban J connectivity index is 2.13. The average Bonchev–Trinajstić information content (AvgIpc) is 3.03. The van der Waals surface area contributed by atoms with Crippen molar-refractivity contribution in [2.75, 3.05) is 20.1 Å². The van der Waals surface area contributed by atoms with E-state index in [9.17, 15) is 22.8 Å². The summed E-state index contributed by atoms with van der Waals surface area (Å²) in [4.78, 5) is 25.3. The molecule has 5 nitrogen and oxygen atoms in total. The highest BCUT2D eigenvalue weighted by Crippen LogP contribution is 2.46. The van der Waals surface area contributed by atoms with Crippen LogP contribution in [0.2, 0.25) is 0 Å². The van der Waals surface area contributed by atoms with Gasteiger partial charge < -0.3 is 14.9 Å². The molecule has 2 fully saturated rings. The Morgan fingerprint density at radius 3 is 2.32 bits per heavy atom. The lowest BCUT2D eigenvalue weighted by Crippen LogP contribution is -2.49. The molecule has 0 aromatic rings. The maximum absolute atomic E-state index is 12.9. The molecule has 0 aromatic carbocycles. The van der Waals surface area contributed by atoms with Crippen molar-refractivity contribution in [1.29, 1.82) is 0 Å². The van der Waals surface area contributed by atoms with Gasteiger partial charge in [0.15, 0.2) is 5.41 Å². The molecule has 2 amide bonds. The fourth-order valence-electron chi connectivity index (χ4n) is 2.34. The van der Waals surface area contributed by atoms with Crippen molar-refractivity contribution in [1.82, 2.24) is 9.80 Å². The number of carbonyl (C=O) groups excluding carboxylic acids is 1. The molecule has 1 saturated carbocycles. The summed E-state index contributed by atoms with van der Waals surface area (Å²) in [7, 11) is 1.54. The molecule has 1 unspecified atom stereocenters. The van der Waals surface area contributed by atoms with Crippen molar-refractivity contribution in [3.05, 3.63) is 0 Å². The number of carboxylic acid groups (broad SMARTS) is 1. The van der Waals surface area contributed by atoms with E-state index in [1.165, 1.54) is 11.9 Å². The summed E-state index contributed by atoms with van der Waals surface area (Å²) in [5.74, 6) is -1.91. The molecule has 0 spiro atoms. The van der Waals surface area contributed by atoms with Crippen LogP contribution < -0.4 is 0 Å². The van der Waals surface area contributed by atoms with Crippen LogP contribution in [0.15, 0.2) is 0 Å². The third-order valence-corrected chi connectivity index (χ3v) is 3.89. The number of halogens is 3. The molecular weight excluding hydrogens is 265 g/mol. The summed E-state index contributed by atoms with van der Waals surface area (Å²) in [6.45, 7) is -0.983. The Morgan fingerprint density at radius 1 is 1.37 bits per heavy atom. The van der Waals surface area contributed by atoms with E-state index in [-0.39, 0.29) is 12.6 Å². The predicted molar refractivity (Wildman–Crippen MR) is 58.5 cm³/mol. The van der Waals surface area contributed by atoms with Gasteiger partial charge >= 0.3 is 18.2 Å². The van der Waals surface area contributed by atoms with E-state index >= 15 is 0 Å². The number of hydrogen-bond donors (Lipinski definition) is 1. The third kappa shape index (κ3) is 2.23. The second-order valence-electron chi connectivity index (χ2n) is 5.18. The maximum atomic E-state index is 12.9. The Labute approximate surface area is 108 Å². The number of rotatable bonds is 2. The standard InChI is InChI=1S/C11H15F3N2O3/c1-15(7-2-3-7)9(19)16-5-4-10(6-16,8(17)18)11(12,13)14/h7H,2-6H2,1H3,(H,17,18). The van der Waals surface area contributed by atoms with Crippen LogP contribution in [0.5, 0.6) is 0 Å². The topological polar surface area (TPSA) is 60.9 Å². The molecular formula is C11H15F3N2O3. The normalized spacial score (nSPS) is 27.5. The maximum Gasteiger partial charge on any atom is 0.406 e. The van der Waals surface area contributed by atoms with E-state index < -0.39 is 36.6 Å². The Kier molecular flexibility index (Phi) is 3.14. The first-order chi connectivity index (χ1) is 8.69. The number of aliphatic carboxylic acids is 1. The van der Waals surface area contributed by atoms with Gasteiger partial charge in [-0.05, 0) is 19.3 Å². The second-order valence-corrected chi connectivity index (χ2v) is 5.18. The number of urea groups is 1. The van der Waals surface area contributed by atoms with E-state index in [2.05, 4.69) is 0 Å². The van der Waals surface area contributed by atoms with Crippen LogP contribution in [0.4, 0.5) is 18.0 Å². The minimum atomic E-state index is -4.86. The van der Waals surface area contributed by atoms with E-state index in [4.69, 9.17) is 5.11 Å². The minimum Gasteiger partial charge on any atom is -0.481 e. The molecule has 8 heteroatoms. The summed E-state index contributed by atoms with van der Waals surface area (Å²) < 4.78 is 38.8. The van der Waals surface area contributed by atoms with Crippen LogP contribution in [0.25, 0.3) is 0 Å². The van der Waals surface area contributed by atoms with Crippen molar-refractivity contribution in [2.24, 2.45) is 5.41 Å². The molecule has 2 rings (SSSR count). The number of likely N-dealkylation sites (tertiary alicyclic amines) is 1. The van der Waals surface area contributed by atoms with Crippen molar-refractivity contribution in [3.8, 4) is 0 Å². The van der Waals surface area contributed by atoms with Gasteiger partial charge in [-0.1, -0.05) is 0 Å². The van der Waals surface area contributed by atoms with Crippen LogP contribution >= 0.6 is 0 Å². The van der Waals surface area contributed by atoms with Gasteiger partial charge in [0, 0.05) is 26.2 Å². The quantitative estimate of drug-likeness (QED) is 0.834. The molecule has 1 heterocycles.